The third-order valence-corrected chi connectivity index (χ3v) is 2.71. The molecule has 0 radical (unpaired) electrons. The number of halogens is 1. The van der Waals surface area contributed by atoms with Gasteiger partial charge in [0.05, 0.1) is 22.9 Å². The van der Waals surface area contributed by atoms with Crippen molar-refractivity contribution in [2.24, 2.45) is 0 Å². The number of hydrogen-bond acceptors (Lipinski definition) is 3. The van der Waals surface area contributed by atoms with E-state index in [-0.39, 0.29) is 0 Å². The van der Waals surface area contributed by atoms with Crippen LogP contribution in [0.1, 0.15) is 25.5 Å². The van der Waals surface area contributed by atoms with Gasteiger partial charge in [-0.25, -0.2) is 0 Å². The summed E-state index contributed by atoms with van der Waals surface area (Å²) in [6.45, 7) is 3.95. The second-order valence-electron chi connectivity index (χ2n) is 4.12. The normalized spacial score (nSPS) is 14.6. The molecule has 0 spiro atoms. The van der Waals surface area contributed by atoms with Crippen molar-refractivity contribution in [3.05, 3.63) is 28.8 Å². The Morgan fingerprint density at radius 1 is 1.31 bits per heavy atom. The number of anilines is 1. The van der Waals surface area contributed by atoms with Crippen molar-refractivity contribution >= 4 is 17.3 Å². The molecule has 2 N–H and O–H groups in total. The van der Waals surface area contributed by atoms with Gasteiger partial charge in [-0.1, -0.05) is 17.7 Å². The van der Waals surface area contributed by atoms with Crippen molar-refractivity contribution in [2.45, 2.75) is 26.1 Å². The highest BCUT2D eigenvalue weighted by Crippen LogP contribution is 2.28. The minimum atomic E-state index is -0.520. The van der Waals surface area contributed by atoms with Gasteiger partial charge in [0.1, 0.15) is 0 Å². The third kappa shape index (κ3) is 3.37. The van der Waals surface area contributed by atoms with Crippen LogP contribution in [0.25, 0.3) is 0 Å². The van der Waals surface area contributed by atoms with Crippen molar-refractivity contribution in [1.82, 2.24) is 0 Å². The fraction of sp³-hybridized carbons (Fsp3) is 0.500. The monoisotopic (exact) mass is 243 g/mol. The average molecular weight is 244 g/mol. The van der Waals surface area contributed by atoms with Crippen molar-refractivity contribution in [3.63, 3.8) is 0 Å². The lowest BCUT2D eigenvalue weighted by molar-refractivity contribution is 0.199. The van der Waals surface area contributed by atoms with Gasteiger partial charge in [0.15, 0.2) is 0 Å². The van der Waals surface area contributed by atoms with Crippen LogP contribution in [0.3, 0.4) is 0 Å². The lowest BCUT2D eigenvalue weighted by Crippen LogP contribution is -2.27. The molecule has 0 aliphatic rings. The van der Waals surface area contributed by atoms with Crippen molar-refractivity contribution in [3.8, 4) is 0 Å². The first-order valence-corrected chi connectivity index (χ1v) is 5.66. The maximum absolute atomic E-state index is 9.41. The smallest absolute Gasteiger partial charge is 0.0762 e. The Hall–Kier alpha value is -0.770. The first-order chi connectivity index (χ1) is 7.41. The highest BCUT2D eigenvalue weighted by molar-refractivity contribution is 6.33. The number of rotatable bonds is 4. The summed E-state index contributed by atoms with van der Waals surface area (Å²) < 4.78 is 0. The van der Waals surface area contributed by atoms with Crippen LogP contribution in [0.4, 0.5) is 5.69 Å². The van der Waals surface area contributed by atoms with Crippen LogP contribution in [-0.4, -0.2) is 29.9 Å². The highest BCUT2D eigenvalue weighted by Gasteiger charge is 2.10. The van der Waals surface area contributed by atoms with Gasteiger partial charge >= 0.3 is 0 Å². The maximum Gasteiger partial charge on any atom is 0.0762 e. The Morgan fingerprint density at radius 2 is 1.94 bits per heavy atom. The van der Waals surface area contributed by atoms with Crippen molar-refractivity contribution in [1.29, 1.82) is 0 Å². The summed E-state index contributed by atoms with van der Waals surface area (Å²) in [6, 6.07) is 5.44. The molecule has 16 heavy (non-hydrogen) atoms. The first kappa shape index (κ1) is 13.3. The van der Waals surface area contributed by atoms with E-state index < -0.39 is 12.2 Å². The zero-order valence-electron chi connectivity index (χ0n) is 9.81. The Bertz CT molecular complexity index is 353. The zero-order valence-corrected chi connectivity index (χ0v) is 10.6. The van der Waals surface area contributed by atoms with Gasteiger partial charge in [0.2, 0.25) is 0 Å². The van der Waals surface area contributed by atoms with Crippen LogP contribution >= 0.6 is 11.6 Å². The Labute approximate surface area is 101 Å². The Balaban J connectivity index is 2.90. The topological polar surface area (TPSA) is 43.7 Å². The second kappa shape index (κ2) is 5.53. The molecule has 90 valence electrons. The average Bonchev–Trinajstić information content (AvgIpc) is 2.15. The summed E-state index contributed by atoms with van der Waals surface area (Å²) in [4.78, 5) is 1.89. The van der Waals surface area contributed by atoms with Crippen LogP contribution < -0.4 is 4.90 Å². The van der Waals surface area contributed by atoms with E-state index in [1.54, 1.807) is 19.9 Å². The van der Waals surface area contributed by atoms with Crippen LogP contribution in [0.15, 0.2) is 18.2 Å². The summed E-state index contributed by atoms with van der Waals surface area (Å²) >= 11 is 6.12. The predicted octanol–water partition coefficient (Wildman–Crippen LogP) is 2.21. The standard InChI is InChI=1S/C12H18ClNO2/c1-8(15)7-14(3)12-5-4-10(9(2)16)6-11(12)13/h4-6,8-9,15-16H,7H2,1-3H3/t8?,9-/m1/s1. The van der Waals surface area contributed by atoms with Gasteiger partial charge in [-0.05, 0) is 31.5 Å². The fourth-order valence-electron chi connectivity index (χ4n) is 1.59. The maximum atomic E-state index is 9.41. The molecule has 1 rings (SSSR count). The van der Waals surface area contributed by atoms with E-state index in [1.807, 2.05) is 24.1 Å². The number of nitrogens with zero attached hydrogens (tertiary/aromatic N) is 1. The molecular formula is C12H18ClNO2. The van der Waals surface area contributed by atoms with Crippen molar-refractivity contribution < 1.29 is 10.2 Å². The SMILES string of the molecule is CC(O)CN(C)c1ccc([C@@H](C)O)cc1Cl. The lowest BCUT2D eigenvalue weighted by atomic mass is 10.1. The molecule has 1 aromatic rings. The van der Waals surface area contributed by atoms with E-state index in [9.17, 15) is 10.2 Å². The summed E-state index contributed by atoms with van der Waals surface area (Å²) in [5.41, 5.74) is 1.64. The molecule has 4 heteroatoms. The summed E-state index contributed by atoms with van der Waals surface area (Å²) in [5, 5.41) is 19.3. The number of aliphatic hydroxyl groups excluding tert-OH is 2. The molecule has 0 amide bonds. The number of likely N-dealkylation sites (N-methyl/N-ethyl adjacent to an activating group) is 1. The van der Waals surface area contributed by atoms with Gasteiger partial charge < -0.3 is 15.1 Å². The molecule has 0 fully saturated rings. The fourth-order valence-corrected chi connectivity index (χ4v) is 1.92. The zero-order chi connectivity index (χ0) is 12.3. The second-order valence-corrected chi connectivity index (χ2v) is 4.52. The van der Waals surface area contributed by atoms with Gasteiger partial charge in [0.25, 0.3) is 0 Å². The Morgan fingerprint density at radius 3 is 2.38 bits per heavy atom. The van der Waals surface area contributed by atoms with Gasteiger partial charge in [-0.3, -0.25) is 0 Å². The molecule has 3 nitrogen and oxygen atoms in total. The van der Waals surface area contributed by atoms with Crippen molar-refractivity contribution in [2.75, 3.05) is 18.5 Å². The molecule has 0 aliphatic carbocycles. The summed E-state index contributed by atoms with van der Waals surface area (Å²) in [6.07, 6.45) is -0.925. The summed E-state index contributed by atoms with van der Waals surface area (Å²) in [5.74, 6) is 0. The number of benzene rings is 1. The number of hydrogen-bond donors (Lipinski definition) is 2. The van der Waals surface area contributed by atoms with Crippen LogP contribution in [0, 0.1) is 0 Å². The minimum Gasteiger partial charge on any atom is -0.392 e. The third-order valence-electron chi connectivity index (χ3n) is 2.40. The lowest BCUT2D eigenvalue weighted by Gasteiger charge is -2.22. The number of aliphatic hydroxyl groups is 2. The van der Waals surface area contributed by atoms with Crippen LogP contribution in [-0.2, 0) is 0 Å². The molecular weight excluding hydrogens is 226 g/mol. The van der Waals surface area contributed by atoms with Gasteiger partial charge in [-0.15, -0.1) is 0 Å². The quantitative estimate of drug-likeness (QED) is 0.852. The van der Waals surface area contributed by atoms with E-state index in [2.05, 4.69) is 0 Å². The molecule has 0 heterocycles. The Kier molecular flexibility index (Phi) is 4.59. The summed E-state index contributed by atoms with van der Waals surface area (Å²) in [7, 11) is 1.87. The van der Waals surface area contributed by atoms with Crippen LogP contribution in [0.2, 0.25) is 5.02 Å². The first-order valence-electron chi connectivity index (χ1n) is 5.28. The minimum absolute atomic E-state index is 0.405. The largest absolute Gasteiger partial charge is 0.392 e. The van der Waals surface area contributed by atoms with E-state index >= 15 is 0 Å². The molecule has 0 saturated carbocycles. The van der Waals surface area contributed by atoms with E-state index in [4.69, 9.17) is 11.6 Å². The van der Waals surface area contributed by atoms with E-state index in [0.717, 1.165) is 11.3 Å². The highest BCUT2D eigenvalue weighted by atomic mass is 35.5. The van der Waals surface area contributed by atoms with E-state index in [1.165, 1.54) is 0 Å². The molecule has 0 bridgehead atoms. The molecule has 1 aromatic carbocycles. The molecule has 0 aromatic heterocycles. The molecule has 2 atom stereocenters. The van der Waals surface area contributed by atoms with Crippen LogP contribution in [0.5, 0.6) is 0 Å². The molecule has 0 aliphatic heterocycles. The molecule has 1 unspecified atom stereocenters. The van der Waals surface area contributed by atoms with Gasteiger partial charge in [0, 0.05) is 13.6 Å². The predicted molar refractivity (Wildman–Crippen MR) is 67.0 cm³/mol. The van der Waals surface area contributed by atoms with E-state index in [0.29, 0.717) is 11.6 Å². The molecule has 0 saturated heterocycles. The van der Waals surface area contributed by atoms with Gasteiger partial charge in [-0.2, -0.15) is 0 Å².